The lowest BCUT2D eigenvalue weighted by molar-refractivity contribution is -0.138. The van der Waals surface area contributed by atoms with Crippen LogP contribution in [0.15, 0.2) is 30.0 Å². The van der Waals surface area contributed by atoms with Crippen molar-refractivity contribution in [3.05, 3.63) is 40.5 Å². The number of carbonyl (C=O) groups is 2. The van der Waals surface area contributed by atoms with Crippen molar-refractivity contribution in [3.8, 4) is 0 Å². The Bertz CT molecular complexity index is 699. The summed E-state index contributed by atoms with van der Waals surface area (Å²) in [4.78, 5) is 29.3. The molecule has 1 aromatic rings. The number of hydrogen-bond donors (Lipinski definition) is 0. The van der Waals surface area contributed by atoms with Gasteiger partial charge in [0.05, 0.1) is 18.7 Å². The highest BCUT2D eigenvalue weighted by Gasteiger charge is 2.41. The van der Waals surface area contributed by atoms with E-state index < -0.39 is 0 Å². The van der Waals surface area contributed by atoms with E-state index in [9.17, 15) is 9.59 Å². The molecule has 1 atom stereocenters. The van der Waals surface area contributed by atoms with Crippen LogP contribution in [-0.4, -0.2) is 55.0 Å². The van der Waals surface area contributed by atoms with Crippen molar-refractivity contribution in [2.75, 3.05) is 33.4 Å². The van der Waals surface area contributed by atoms with Gasteiger partial charge in [0.15, 0.2) is 0 Å². The summed E-state index contributed by atoms with van der Waals surface area (Å²) in [6, 6.07) is 7.10. The van der Waals surface area contributed by atoms with Crippen molar-refractivity contribution >= 4 is 29.0 Å². The van der Waals surface area contributed by atoms with Gasteiger partial charge in [0.2, 0.25) is 0 Å². The third kappa shape index (κ3) is 3.58. The molecule has 1 fully saturated rings. The van der Waals surface area contributed by atoms with E-state index in [-0.39, 0.29) is 18.4 Å². The Balaban J connectivity index is 2.02. The molecular weight excluding hydrogens is 340 g/mol. The minimum Gasteiger partial charge on any atom is -0.383 e. The van der Waals surface area contributed by atoms with Gasteiger partial charge in [-0.2, -0.15) is 0 Å². The Hall–Kier alpha value is -1.85. The summed E-state index contributed by atoms with van der Waals surface area (Å²) in [5, 5.41) is 0.602. The van der Waals surface area contributed by atoms with Crippen molar-refractivity contribution in [2.45, 2.75) is 19.8 Å². The van der Waals surface area contributed by atoms with Gasteiger partial charge in [0.1, 0.15) is 5.70 Å². The predicted octanol–water partition coefficient (Wildman–Crippen LogP) is 2.80. The zero-order chi connectivity index (χ0) is 18.0. The number of imide groups is 1. The van der Waals surface area contributed by atoms with E-state index in [0.717, 1.165) is 31.5 Å². The number of likely N-dealkylation sites (tertiary alicyclic amines) is 1. The van der Waals surface area contributed by atoms with Gasteiger partial charge >= 0.3 is 0 Å². The molecule has 1 unspecified atom stereocenters. The van der Waals surface area contributed by atoms with Crippen LogP contribution in [0.3, 0.4) is 0 Å². The largest absolute Gasteiger partial charge is 0.383 e. The number of piperidine rings is 1. The molecule has 1 saturated heterocycles. The Kier molecular flexibility index (Phi) is 5.45. The SMILES string of the molecule is COCCN1C(=O)C(c2ccc(Cl)cc2)=C(N2CCCC(C)C2)C1=O. The molecule has 0 saturated carbocycles. The normalized spacial score (nSPS) is 21.5. The molecule has 2 amide bonds. The molecule has 1 aromatic carbocycles. The zero-order valence-electron chi connectivity index (χ0n) is 14.6. The Morgan fingerprint density at radius 1 is 1.20 bits per heavy atom. The molecule has 6 heteroatoms. The van der Waals surface area contributed by atoms with E-state index in [1.54, 1.807) is 31.4 Å². The minimum atomic E-state index is -0.252. The number of methoxy groups -OCH3 is 1. The molecule has 0 radical (unpaired) electrons. The molecule has 2 heterocycles. The molecule has 2 aliphatic heterocycles. The second-order valence-electron chi connectivity index (χ2n) is 6.68. The fraction of sp³-hybridized carbons (Fsp3) is 0.474. The molecule has 0 aromatic heterocycles. The van der Waals surface area contributed by atoms with Crippen LogP contribution in [0.4, 0.5) is 0 Å². The summed E-state index contributed by atoms with van der Waals surface area (Å²) in [6.45, 7) is 4.36. The smallest absolute Gasteiger partial charge is 0.277 e. The summed E-state index contributed by atoms with van der Waals surface area (Å²) in [5.41, 5.74) is 1.73. The molecule has 3 rings (SSSR count). The van der Waals surface area contributed by atoms with Crippen molar-refractivity contribution in [2.24, 2.45) is 5.92 Å². The lowest BCUT2D eigenvalue weighted by Crippen LogP contribution is -2.40. The van der Waals surface area contributed by atoms with Gasteiger partial charge in [-0.3, -0.25) is 14.5 Å². The van der Waals surface area contributed by atoms with Crippen LogP contribution in [0, 0.1) is 5.92 Å². The second kappa shape index (κ2) is 7.58. The van der Waals surface area contributed by atoms with Gasteiger partial charge in [-0.05, 0) is 36.5 Å². The summed E-state index contributed by atoms with van der Waals surface area (Å²) < 4.78 is 5.06. The average Bonchev–Trinajstić information content (AvgIpc) is 2.84. The van der Waals surface area contributed by atoms with Gasteiger partial charge in [0, 0.05) is 25.2 Å². The van der Waals surface area contributed by atoms with Gasteiger partial charge in [-0.25, -0.2) is 0 Å². The third-order valence-electron chi connectivity index (χ3n) is 4.77. The lowest BCUT2D eigenvalue weighted by Gasteiger charge is -2.33. The molecule has 2 aliphatic rings. The highest BCUT2D eigenvalue weighted by atomic mass is 35.5. The standard InChI is InChI=1S/C19H23ClN2O3/c1-13-4-3-9-21(12-13)17-16(14-5-7-15(20)8-6-14)18(23)22(19(17)24)10-11-25-2/h5-8,13H,3-4,9-12H2,1-2H3. The first-order chi connectivity index (χ1) is 12.0. The first-order valence-corrected chi connectivity index (χ1v) is 9.01. The summed E-state index contributed by atoms with van der Waals surface area (Å²) in [7, 11) is 1.56. The Morgan fingerprint density at radius 2 is 1.92 bits per heavy atom. The van der Waals surface area contributed by atoms with Crippen LogP contribution in [0.2, 0.25) is 5.02 Å². The summed E-state index contributed by atoms with van der Waals surface area (Å²) in [6.07, 6.45) is 2.17. The average molecular weight is 363 g/mol. The Morgan fingerprint density at radius 3 is 2.56 bits per heavy atom. The maximum atomic E-state index is 13.0. The molecule has 0 spiro atoms. The fourth-order valence-electron chi connectivity index (χ4n) is 3.51. The third-order valence-corrected chi connectivity index (χ3v) is 5.02. The molecule has 0 bridgehead atoms. The van der Waals surface area contributed by atoms with Gasteiger partial charge in [-0.1, -0.05) is 30.7 Å². The van der Waals surface area contributed by atoms with E-state index in [2.05, 4.69) is 11.8 Å². The van der Waals surface area contributed by atoms with E-state index in [1.807, 2.05) is 0 Å². The van der Waals surface area contributed by atoms with E-state index in [1.165, 1.54) is 4.90 Å². The number of hydrogen-bond acceptors (Lipinski definition) is 4. The number of ether oxygens (including phenoxy) is 1. The van der Waals surface area contributed by atoms with Crippen LogP contribution in [0.25, 0.3) is 5.57 Å². The summed E-state index contributed by atoms with van der Waals surface area (Å²) >= 11 is 5.98. The zero-order valence-corrected chi connectivity index (χ0v) is 15.4. The van der Waals surface area contributed by atoms with Crippen molar-refractivity contribution in [1.29, 1.82) is 0 Å². The molecule has 0 N–H and O–H groups in total. The molecule has 25 heavy (non-hydrogen) atoms. The van der Waals surface area contributed by atoms with Gasteiger partial charge in [-0.15, -0.1) is 0 Å². The van der Waals surface area contributed by atoms with E-state index in [4.69, 9.17) is 16.3 Å². The van der Waals surface area contributed by atoms with Crippen molar-refractivity contribution < 1.29 is 14.3 Å². The van der Waals surface area contributed by atoms with E-state index >= 15 is 0 Å². The van der Waals surface area contributed by atoms with E-state index in [0.29, 0.717) is 28.8 Å². The van der Waals surface area contributed by atoms with Crippen molar-refractivity contribution in [3.63, 3.8) is 0 Å². The quantitative estimate of drug-likeness (QED) is 0.756. The Labute approximate surface area is 153 Å². The first kappa shape index (κ1) is 18.0. The van der Waals surface area contributed by atoms with Crippen LogP contribution < -0.4 is 0 Å². The van der Waals surface area contributed by atoms with Crippen LogP contribution in [0.5, 0.6) is 0 Å². The van der Waals surface area contributed by atoms with Crippen LogP contribution in [0.1, 0.15) is 25.3 Å². The van der Waals surface area contributed by atoms with Crippen LogP contribution in [-0.2, 0) is 14.3 Å². The number of carbonyl (C=O) groups excluding carboxylic acids is 2. The molecule has 134 valence electrons. The summed E-state index contributed by atoms with van der Waals surface area (Å²) in [5.74, 6) is 0.0299. The van der Waals surface area contributed by atoms with Crippen molar-refractivity contribution in [1.82, 2.24) is 9.80 Å². The highest BCUT2D eigenvalue weighted by Crippen LogP contribution is 2.34. The maximum Gasteiger partial charge on any atom is 0.277 e. The molecule has 5 nitrogen and oxygen atoms in total. The minimum absolute atomic E-state index is 0.221. The fourth-order valence-corrected chi connectivity index (χ4v) is 3.64. The van der Waals surface area contributed by atoms with Crippen LogP contribution >= 0.6 is 11.6 Å². The maximum absolute atomic E-state index is 13.0. The van der Waals surface area contributed by atoms with Gasteiger partial charge < -0.3 is 9.64 Å². The van der Waals surface area contributed by atoms with Gasteiger partial charge in [0.25, 0.3) is 11.8 Å². The number of rotatable bonds is 5. The second-order valence-corrected chi connectivity index (χ2v) is 7.12. The topological polar surface area (TPSA) is 49.9 Å². The number of benzene rings is 1. The predicted molar refractivity (Wildman–Crippen MR) is 96.9 cm³/mol. The monoisotopic (exact) mass is 362 g/mol. The number of nitrogens with zero attached hydrogens (tertiary/aromatic N) is 2. The number of halogens is 1. The first-order valence-electron chi connectivity index (χ1n) is 8.63. The highest BCUT2D eigenvalue weighted by molar-refractivity contribution is 6.36. The molecule has 0 aliphatic carbocycles. The number of amides is 2. The lowest BCUT2D eigenvalue weighted by atomic mass is 9.98. The molecular formula is C19H23ClN2O3.